The van der Waals surface area contributed by atoms with E-state index in [0.717, 1.165) is 5.06 Å². The van der Waals surface area contributed by atoms with Crippen molar-refractivity contribution in [2.45, 2.75) is 12.8 Å². The standard InChI is InChI=1S/C12H11FN4O6/c1-6-2-3-8(18)17(6)23-9(19)4-14-11(21)16-5-7(13)10(20)15-12(16)22/h5H,1-4H2,(H,14,21)(H,15,20,22). The summed E-state index contributed by atoms with van der Waals surface area (Å²) >= 11 is 0. The topological polar surface area (TPSA) is 131 Å². The van der Waals surface area contributed by atoms with Crippen LogP contribution in [-0.4, -0.2) is 39.1 Å². The summed E-state index contributed by atoms with van der Waals surface area (Å²) < 4.78 is 13.3. The van der Waals surface area contributed by atoms with Crippen LogP contribution in [0.25, 0.3) is 0 Å². The third-order valence-electron chi connectivity index (χ3n) is 2.84. The van der Waals surface area contributed by atoms with Gasteiger partial charge in [0.05, 0.1) is 11.9 Å². The van der Waals surface area contributed by atoms with E-state index >= 15 is 0 Å². The summed E-state index contributed by atoms with van der Waals surface area (Å²) in [6, 6.07) is -1.16. The highest BCUT2D eigenvalue weighted by atomic mass is 19.1. The van der Waals surface area contributed by atoms with Crippen molar-refractivity contribution in [3.63, 3.8) is 0 Å². The van der Waals surface area contributed by atoms with Gasteiger partial charge in [-0.15, -0.1) is 5.06 Å². The molecule has 1 aromatic heterocycles. The molecule has 0 aliphatic carbocycles. The number of carbonyl (C=O) groups excluding carboxylic acids is 3. The summed E-state index contributed by atoms with van der Waals surface area (Å²) in [5, 5.41) is 2.71. The summed E-state index contributed by atoms with van der Waals surface area (Å²) in [6.07, 6.45) is 0.892. The Morgan fingerprint density at radius 1 is 1.35 bits per heavy atom. The molecular weight excluding hydrogens is 315 g/mol. The highest BCUT2D eigenvalue weighted by molar-refractivity contribution is 5.84. The molecule has 0 atom stereocenters. The quantitative estimate of drug-likeness (QED) is 0.719. The minimum absolute atomic E-state index is 0.157. The first-order chi connectivity index (χ1) is 10.8. The van der Waals surface area contributed by atoms with Crippen molar-refractivity contribution in [3.8, 4) is 0 Å². The molecule has 23 heavy (non-hydrogen) atoms. The number of aromatic nitrogens is 2. The minimum atomic E-state index is -1.35. The van der Waals surface area contributed by atoms with E-state index in [1.165, 1.54) is 0 Å². The lowest BCUT2D eigenvalue weighted by molar-refractivity contribution is -0.185. The molecule has 1 fully saturated rings. The lowest BCUT2D eigenvalue weighted by Crippen LogP contribution is -2.43. The van der Waals surface area contributed by atoms with Gasteiger partial charge in [-0.1, -0.05) is 6.58 Å². The van der Waals surface area contributed by atoms with Crippen molar-refractivity contribution in [2.24, 2.45) is 0 Å². The first-order valence-electron chi connectivity index (χ1n) is 6.31. The fraction of sp³-hybridized carbons (Fsp3) is 0.250. The Hall–Kier alpha value is -3.24. The predicted octanol–water partition coefficient (Wildman–Crippen LogP) is -1.17. The lowest BCUT2D eigenvalue weighted by Gasteiger charge is -2.15. The van der Waals surface area contributed by atoms with Gasteiger partial charge in [0, 0.05) is 6.42 Å². The van der Waals surface area contributed by atoms with E-state index in [9.17, 15) is 28.4 Å². The van der Waals surface area contributed by atoms with Gasteiger partial charge < -0.3 is 10.2 Å². The molecule has 1 aromatic rings. The Balaban J connectivity index is 1.97. The molecule has 1 aliphatic heterocycles. The van der Waals surface area contributed by atoms with Gasteiger partial charge in [0.15, 0.2) is 0 Å². The van der Waals surface area contributed by atoms with Crippen LogP contribution in [-0.2, 0) is 14.4 Å². The van der Waals surface area contributed by atoms with Crippen LogP contribution in [0.15, 0.2) is 28.1 Å². The largest absolute Gasteiger partial charge is 0.352 e. The summed E-state index contributed by atoms with van der Waals surface area (Å²) in [6.45, 7) is 2.84. The van der Waals surface area contributed by atoms with E-state index in [2.05, 4.69) is 6.58 Å². The molecule has 10 nitrogen and oxygen atoms in total. The highest BCUT2D eigenvalue weighted by Gasteiger charge is 2.28. The van der Waals surface area contributed by atoms with Crippen LogP contribution >= 0.6 is 0 Å². The second kappa shape index (κ2) is 6.25. The second-order valence-electron chi connectivity index (χ2n) is 4.48. The predicted molar refractivity (Wildman–Crippen MR) is 71.4 cm³/mol. The molecule has 11 heteroatoms. The van der Waals surface area contributed by atoms with E-state index in [1.54, 1.807) is 4.98 Å². The second-order valence-corrected chi connectivity index (χ2v) is 4.48. The van der Waals surface area contributed by atoms with Crippen molar-refractivity contribution in [2.75, 3.05) is 6.54 Å². The molecule has 0 spiro atoms. The number of nitrogens with one attached hydrogen (secondary N) is 2. The van der Waals surface area contributed by atoms with E-state index in [4.69, 9.17) is 4.84 Å². The average molecular weight is 326 g/mol. The number of H-pyrrole nitrogens is 1. The number of rotatable bonds is 3. The lowest BCUT2D eigenvalue weighted by atomic mass is 10.3. The smallest absolute Gasteiger partial charge is 0.331 e. The third kappa shape index (κ3) is 3.51. The summed E-state index contributed by atoms with van der Waals surface area (Å²) in [5.41, 5.74) is -2.15. The van der Waals surface area contributed by atoms with Gasteiger partial charge in [0.2, 0.25) is 5.82 Å². The Morgan fingerprint density at radius 3 is 2.65 bits per heavy atom. The van der Waals surface area contributed by atoms with E-state index in [0.29, 0.717) is 18.3 Å². The number of aromatic amines is 1. The average Bonchev–Trinajstić information content (AvgIpc) is 2.80. The van der Waals surface area contributed by atoms with Crippen LogP contribution < -0.4 is 16.6 Å². The SMILES string of the molecule is C=C1CCC(=O)N1OC(=O)CNC(=O)n1cc(F)c(=O)[nH]c1=O. The molecule has 0 radical (unpaired) electrons. The summed E-state index contributed by atoms with van der Waals surface area (Å²) in [4.78, 5) is 63.0. The van der Waals surface area contributed by atoms with E-state index in [-0.39, 0.29) is 11.0 Å². The third-order valence-corrected chi connectivity index (χ3v) is 2.84. The zero-order chi connectivity index (χ0) is 17.1. The molecule has 0 bridgehead atoms. The number of amides is 2. The molecule has 0 saturated carbocycles. The number of halogens is 1. The molecule has 122 valence electrons. The number of hydroxylamine groups is 2. The number of hydrogen-bond acceptors (Lipinski definition) is 6. The zero-order valence-electron chi connectivity index (χ0n) is 11.6. The van der Waals surface area contributed by atoms with Gasteiger partial charge >= 0.3 is 17.7 Å². The van der Waals surface area contributed by atoms with Crippen LogP contribution in [0.2, 0.25) is 0 Å². The molecule has 0 aromatic carbocycles. The highest BCUT2D eigenvalue weighted by Crippen LogP contribution is 2.20. The normalized spacial score (nSPS) is 14.0. The maximum Gasteiger partial charge on any atom is 0.352 e. The van der Waals surface area contributed by atoms with E-state index in [1.807, 2.05) is 5.32 Å². The maximum atomic E-state index is 13.0. The Morgan fingerprint density at radius 2 is 2.04 bits per heavy atom. The number of allylic oxidation sites excluding steroid dienone is 1. The van der Waals surface area contributed by atoms with Crippen molar-refractivity contribution in [3.05, 3.63) is 45.1 Å². The zero-order valence-corrected chi connectivity index (χ0v) is 11.6. The van der Waals surface area contributed by atoms with Crippen LogP contribution in [0.5, 0.6) is 0 Å². The Kier molecular flexibility index (Phi) is 4.39. The van der Waals surface area contributed by atoms with E-state index < -0.39 is 41.5 Å². The van der Waals surface area contributed by atoms with Crippen LogP contribution in [0, 0.1) is 5.82 Å². The number of hydrogen-bond donors (Lipinski definition) is 2. The van der Waals surface area contributed by atoms with Gasteiger partial charge in [-0.2, -0.15) is 4.39 Å². The molecular formula is C12H11FN4O6. The van der Waals surface area contributed by atoms with Crippen molar-refractivity contribution >= 4 is 17.9 Å². The molecule has 2 heterocycles. The van der Waals surface area contributed by atoms with Crippen LogP contribution in [0.4, 0.5) is 9.18 Å². The first-order valence-corrected chi connectivity index (χ1v) is 6.31. The summed E-state index contributed by atoms with van der Waals surface area (Å²) in [7, 11) is 0. The van der Waals surface area contributed by atoms with Crippen molar-refractivity contribution < 1.29 is 23.6 Å². The Labute approximate surface area is 127 Å². The van der Waals surface area contributed by atoms with Gasteiger partial charge in [-0.05, 0) is 6.42 Å². The van der Waals surface area contributed by atoms with Gasteiger partial charge in [-0.25, -0.2) is 19.0 Å². The van der Waals surface area contributed by atoms with Crippen LogP contribution in [0.3, 0.4) is 0 Å². The number of carbonyl (C=O) groups is 3. The van der Waals surface area contributed by atoms with Gasteiger partial charge in [0.1, 0.15) is 6.54 Å². The van der Waals surface area contributed by atoms with Crippen LogP contribution in [0.1, 0.15) is 12.8 Å². The molecule has 2 N–H and O–H groups in total. The van der Waals surface area contributed by atoms with Gasteiger partial charge in [-0.3, -0.25) is 14.6 Å². The molecule has 0 unspecified atom stereocenters. The monoisotopic (exact) mass is 326 g/mol. The molecule has 1 aliphatic rings. The fourth-order valence-electron chi connectivity index (χ4n) is 1.71. The van der Waals surface area contributed by atoms with Crippen molar-refractivity contribution in [1.29, 1.82) is 0 Å². The maximum absolute atomic E-state index is 13.0. The van der Waals surface area contributed by atoms with Gasteiger partial charge in [0.25, 0.3) is 11.5 Å². The summed E-state index contributed by atoms with van der Waals surface area (Å²) in [5.74, 6) is -2.79. The first kappa shape index (κ1) is 16.1. The van der Waals surface area contributed by atoms with Crippen molar-refractivity contribution in [1.82, 2.24) is 19.9 Å². The fourth-order valence-corrected chi connectivity index (χ4v) is 1.71. The number of nitrogens with zero attached hydrogens (tertiary/aromatic N) is 2. The molecule has 2 rings (SSSR count). The molecule has 2 amide bonds. The minimum Gasteiger partial charge on any atom is -0.331 e. The molecule has 1 saturated heterocycles. The Bertz CT molecular complexity index is 795.